The smallest absolute Gasteiger partial charge is 0.143 e. The minimum atomic E-state index is 0.101. The lowest BCUT2D eigenvalue weighted by Gasteiger charge is -2.32. The molecule has 3 atom stereocenters. The lowest BCUT2D eigenvalue weighted by atomic mass is 9.71. The minimum Gasteiger partial charge on any atom is -0.299 e. The zero-order valence-corrected chi connectivity index (χ0v) is 12.4. The predicted octanol–water partition coefficient (Wildman–Crippen LogP) is 4.82. The van der Waals surface area contributed by atoms with Crippen LogP contribution in [0.25, 0.3) is 0 Å². The third-order valence-corrected chi connectivity index (χ3v) is 4.53. The van der Waals surface area contributed by atoms with E-state index in [4.69, 9.17) is 0 Å². The van der Waals surface area contributed by atoms with Gasteiger partial charge in [-0.05, 0) is 43.1 Å². The molecule has 1 aliphatic carbocycles. The second-order valence-electron chi connectivity index (χ2n) is 6.39. The highest BCUT2D eigenvalue weighted by Gasteiger charge is 2.32. The average Bonchev–Trinajstić information content (AvgIpc) is 2.39. The van der Waals surface area contributed by atoms with E-state index in [0.717, 1.165) is 19.3 Å². The monoisotopic (exact) mass is 258 g/mol. The van der Waals surface area contributed by atoms with Crippen molar-refractivity contribution in [1.82, 2.24) is 0 Å². The van der Waals surface area contributed by atoms with Crippen molar-refractivity contribution in [2.45, 2.75) is 52.4 Å². The van der Waals surface area contributed by atoms with Crippen LogP contribution >= 0.6 is 0 Å². The van der Waals surface area contributed by atoms with E-state index in [2.05, 4.69) is 32.9 Å². The van der Waals surface area contributed by atoms with Crippen LogP contribution in [0.4, 0.5) is 0 Å². The lowest BCUT2D eigenvalue weighted by molar-refractivity contribution is -0.126. The molecule has 0 heterocycles. The van der Waals surface area contributed by atoms with Crippen molar-refractivity contribution in [3.8, 4) is 0 Å². The van der Waals surface area contributed by atoms with Gasteiger partial charge in [-0.1, -0.05) is 51.1 Å². The molecule has 1 aromatic rings. The van der Waals surface area contributed by atoms with Gasteiger partial charge in [-0.3, -0.25) is 4.79 Å². The van der Waals surface area contributed by atoms with Crippen molar-refractivity contribution in [1.29, 1.82) is 0 Å². The number of ketones is 1. The van der Waals surface area contributed by atoms with E-state index in [1.54, 1.807) is 0 Å². The summed E-state index contributed by atoms with van der Waals surface area (Å²) in [5.74, 6) is 2.26. The summed E-state index contributed by atoms with van der Waals surface area (Å²) in [7, 11) is 0. The molecule has 1 saturated carbocycles. The molecular formula is C18H26O. The Morgan fingerprint density at radius 1 is 1.11 bits per heavy atom. The maximum absolute atomic E-state index is 12.8. The molecule has 0 radical (unpaired) electrons. The van der Waals surface area contributed by atoms with Crippen molar-refractivity contribution in [2.24, 2.45) is 17.8 Å². The van der Waals surface area contributed by atoms with Crippen LogP contribution in [0, 0.1) is 17.8 Å². The quantitative estimate of drug-likeness (QED) is 0.756. The summed E-state index contributed by atoms with van der Waals surface area (Å²) in [6.45, 7) is 6.71. The second kappa shape index (κ2) is 6.36. The van der Waals surface area contributed by atoms with Crippen LogP contribution in [0.15, 0.2) is 30.3 Å². The summed E-state index contributed by atoms with van der Waals surface area (Å²) in [5, 5.41) is 0. The number of carbonyl (C=O) groups excluding carboxylic acids is 1. The van der Waals surface area contributed by atoms with E-state index >= 15 is 0 Å². The summed E-state index contributed by atoms with van der Waals surface area (Å²) in [6.07, 6.45) is 4.38. The van der Waals surface area contributed by atoms with Crippen LogP contribution in [0.5, 0.6) is 0 Å². The largest absolute Gasteiger partial charge is 0.299 e. The van der Waals surface area contributed by atoms with Gasteiger partial charge < -0.3 is 0 Å². The van der Waals surface area contributed by atoms with Crippen molar-refractivity contribution in [3.63, 3.8) is 0 Å². The molecule has 104 valence electrons. The lowest BCUT2D eigenvalue weighted by Crippen LogP contribution is -2.29. The van der Waals surface area contributed by atoms with Crippen LogP contribution in [0.1, 0.15) is 57.9 Å². The van der Waals surface area contributed by atoms with Crippen molar-refractivity contribution in [3.05, 3.63) is 35.9 Å². The highest BCUT2D eigenvalue weighted by molar-refractivity contribution is 5.87. The summed E-state index contributed by atoms with van der Waals surface area (Å²) in [5.41, 5.74) is 1.20. The van der Waals surface area contributed by atoms with Gasteiger partial charge in [-0.15, -0.1) is 0 Å². The fourth-order valence-corrected chi connectivity index (χ4v) is 3.75. The molecule has 0 aliphatic heterocycles. The molecule has 2 rings (SSSR count). The van der Waals surface area contributed by atoms with E-state index in [9.17, 15) is 4.79 Å². The molecular weight excluding hydrogens is 232 g/mol. The Hall–Kier alpha value is -1.11. The molecule has 0 aromatic heterocycles. The van der Waals surface area contributed by atoms with Gasteiger partial charge in [0.2, 0.25) is 0 Å². The molecule has 1 fully saturated rings. The van der Waals surface area contributed by atoms with Crippen LogP contribution in [0.2, 0.25) is 0 Å². The molecule has 0 amide bonds. The number of hydrogen-bond acceptors (Lipinski definition) is 1. The van der Waals surface area contributed by atoms with Gasteiger partial charge in [-0.25, -0.2) is 0 Å². The average molecular weight is 258 g/mol. The third kappa shape index (κ3) is 3.46. The zero-order valence-electron chi connectivity index (χ0n) is 12.4. The van der Waals surface area contributed by atoms with E-state index < -0.39 is 0 Å². The van der Waals surface area contributed by atoms with Gasteiger partial charge in [0, 0.05) is 11.8 Å². The first-order valence-electron chi connectivity index (χ1n) is 7.70. The van der Waals surface area contributed by atoms with E-state index in [1.807, 2.05) is 18.2 Å². The molecule has 1 heteroatoms. The SMILES string of the molecule is CCC(C(=O)C1CC(C)CC(C)C1)c1ccccc1. The Morgan fingerprint density at radius 2 is 1.68 bits per heavy atom. The van der Waals surface area contributed by atoms with Crippen molar-refractivity contribution < 1.29 is 4.79 Å². The highest BCUT2D eigenvalue weighted by atomic mass is 16.1. The van der Waals surface area contributed by atoms with Crippen LogP contribution < -0.4 is 0 Å². The van der Waals surface area contributed by atoms with Gasteiger partial charge in [-0.2, -0.15) is 0 Å². The molecule has 1 aliphatic rings. The molecule has 1 nitrogen and oxygen atoms in total. The minimum absolute atomic E-state index is 0.101. The Kier molecular flexibility index (Phi) is 4.79. The van der Waals surface area contributed by atoms with Gasteiger partial charge in [0.25, 0.3) is 0 Å². The summed E-state index contributed by atoms with van der Waals surface area (Å²) < 4.78 is 0. The molecule has 19 heavy (non-hydrogen) atoms. The maximum Gasteiger partial charge on any atom is 0.143 e. The van der Waals surface area contributed by atoms with Gasteiger partial charge in [0.1, 0.15) is 5.78 Å². The van der Waals surface area contributed by atoms with E-state index in [-0.39, 0.29) is 11.8 Å². The van der Waals surface area contributed by atoms with Crippen molar-refractivity contribution in [2.75, 3.05) is 0 Å². The Bertz CT molecular complexity index is 399. The molecule has 0 N–H and O–H groups in total. The third-order valence-electron chi connectivity index (χ3n) is 4.53. The summed E-state index contributed by atoms with van der Waals surface area (Å²) in [6, 6.07) is 10.3. The fraction of sp³-hybridized carbons (Fsp3) is 0.611. The molecule has 3 unspecified atom stereocenters. The van der Waals surface area contributed by atoms with E-state index in [1.165, 1.54) is 12.0 Å². The van der Waals surface area contributed by atoms with Gasteiger partial charge in [0.05, 0.1) is 0 Å². The van der Waals surface area contributed by atoms with Crippen molar-refractivity contribution >= 4 is 5.78 Å². The predicted molar refractivity (Wildman–Crippen MR) is 80.2 cm³/mol. The van der Waals surface area contributed by atoms with Crippen LogP contribution in [-0.2, 0) is 4.79 Å². The first kappa shape index (κ1) is 14.3. The highest BCUT2D eigenvalue weighted by Crippen LogP contribution is 2.37. The van der Waals surface area contributed by atoms with Gasteiger partial charge >= 0.3 is 0 Å². The number of rotatable bonds is 4. The van der Waals surface area contributed by atoms with Crippen LogP contribution in [0.3, 0.4) is 0 Å². The normalized spacial score (nSPS) is 28.9. The second-order valence-corrected chi connectivity index (χ2v) is 6.39. The topological polar surface area (TPSA) is 17.1 Å². The Labute approximate surface area is 117 Å². The first-order chi connectivity index (χ1) is 9.11. The zero-order chi connectivity index (χ0) is 13.8. The Morgan fingerprint density at radius 3 is 2.21 bits per heavy atom. The van der Waals surface area contributed by atoms with Gasteiger partial charge in [0.15, 0.2) is 0 Å². The van der Waals surface area contributed by atoms with E-state index in [0.29, 0.717) is 17.6 Å². The molecule has 0 bridgehead atoms. The van der Waals surface area contributed by atoms with Crippen LogP contribution in [-0.4, -0.2) is 5.78 Å². The summed E-state index contributed by atoms with van der Waals surface area (Å²) >= 11 is 0. The Balaban J connectivity index is 2.13. The number of Topliss-reactive ketones (excluding diaryl/α,β-unsaturated/α-hetero) is 1. The fourth-order valence-electron chi connectivity index (χ4n) is 3.75. The number of benzene rings is 1. The molecule has 1 aromatic carbocycles. The number of carbonyl (C=O) groups is 1. The first-order valence-corrected chi connectivity index (χ1v) is 7.70. The maximum atomic E-state index is 12.8. The standard InChI is InChI=1S/C18H26O/c1-4-17(15-8-6-5-7-9-15)18(19)16-11-13(2)10-14(3)12-16/h5-9,13-14,16-17H,4,10-12H2,1-3H3. The number of hydrogen-bond donors (Lipinski definition) is 0. The molecule has 0 spiro atoms. The summed E-state index contributed by atoms with van der Waals surface area (Å²) in [4.78, 5) is 12.8. The molecule has 0 saturated heterocycles.